The van der Waals surface area contributed by atoms with Crippen LogP contribution in [0.2, 0.25) is 0 Å². The maximum absolute atomic E-state index is 3.81. The monoisotopic (exact) mass is 212 g/mol. The van der Waals surface area contributed by atoms with Gasteiger partial charge in [0, 0.05) is 19.1 Å². The molecule has 0 aromatic rings. The molecule has 0 aromatic heterocycles. The Hall–Kier alpha value is -0.340. The third-order valence-electron chi connectivity index (χ3n) is 2.37. The summed E-state index contributed by atoms with van der Waals surface area (Å²) in [6.07, 6.45) is 3.22. The lowest BCUT2D eigenvalue weighted by molar-refractivity contribution is 0.255. The molecule has 15 heavy (non-hydrogen) atoms. The number of hydrogen-bond acceptors (Lipinski definition) is 2. The first-order chi connectivity index (χ1) is 7.10. The van der Waals surface area contributed by atoms with Gasteiger partial charge < -0.3 is 5.32 Å². The van der Waals surface area contributed by atoms with E-state index in [0.717, 1.165) is 13.1 Å². The Bertz CT molecular complexity index is 155. The van der Waals surface area contributed by atoms with Crippen molar-refractivity contribution in [3.63, 3.8) is 0 Å². The van der Waals surface area contributed by atoms with Crippen molar-refractivity contribution in [3.05, 3.63) is 12.7 Å². The molecule has 0 saturated carbocycles. The summed E-state index contributed by atoms with van der Waals surface area (Å²) >= 11 is 0. The molecule has 0 spiro atoms. The van der Waals surface area contributed by atoms with Gasteiger partial charge in [0.1, 0.15) is 0 Å². The second-order valence-corrected chi connectivity index (χ2v) is 4.72. The minimum atomic E-state index is 0.589. The molecule has 0 heterocycles. The molecule has 0 fully saturated rings. The van der Waals surface area contributed by atoms with Gasteiger partial charge in [-0.25, -0.2) is 0 Å². The van der Waals surface area contributed by atoms with Crippen molar-refractivity contribution in [2.45, 2.75) is 40.2 Å². The van der Waals surface area contributed by atoms with Crippen molar-refractivity contribution in [1.29, 1.82) is 0 Å². The summed E-state index contributed by atoms with van der Waals surface area (Å²) in [6.45, 7) is 17.2. The maximum atomic E-state index is 3.81. The molecule has 1 atom stereocenters. The van der Waals surface area contributed by atoms with Crippen LogP contribution in [0.1, 0.15) is 34.1 Å². The highest BCUT2D eigenvalue weighted by atomic mass is 15.1. The molecular formula is C13H28N2. The van der Waals surface area contributed by atoms with Crippen LogP contribution in [-0.2, 0) is 0 Å². The molecule has 2 heteroatoms. The zero-order valence-electron chi connectivity index (χ0n) is 10.9. The zero-order chi connectivity index (χ0) is 11.7. The van der Waals surface area contributed by atoms with Gasteiger partial charge in [-0.2, -0.15) is 0 Å². The molecular weight excluding hydrogens is 184 g/mol. The Morgan fingerprint density at radius 3 is 2.47 bits per heavy atom. The van der Waals surface area contributed by atoms with Crippen molar-refractivity contribution in [2.75, 3.05) is 26.2 Å². The summed E-state index contributed by atoms with van der Waals surface area (Å²) in [5, 5.41) is 3.48. The largest absolute Gasteiger partial charge is 0.314 e. The SMILES string of the molecule is C=CCN(CCC)CC(C)CNC(C)C. The summed E-state index contributed by atoms with van der Waals surface area (Å²) in [4.78, 5) is 2.47. The van der Waals surface area contributed by atoms with Crippen molar-refractivity contribution >= 4 is 0 Å². The van der Waals surface area contributed by atoms with Gasteiger partial charge in [0.25, 0.3) is 0 Å². The molecule has 0 saturated heterocycles. The quantitative estimate of drug-likeness (QED) is 0.591. The normalized spacial score (nSPS) is 13.5. The first kappa shape index (κ1) is 14.7. The van der Waals surface area contributed by atoms with Gasteiger partial charge >= 0.3 is 0 Å². The van der Waals surface area contributed by atoms with E-state index in [9.17, 15) is 0 Å². The molecule has 0 rings (SSSR count). The van der Waals surface area contributed by atoms with E-state index in [1.54, 1.807) is 0 Å². The summed E-state index contributed by atoms with van der Waals surface area (Å²) in [5.41, 5.74) is 0. The molecule has 0 bridgehead atoms. The number of nitrogens with one attached hydrogen (secondary N) is 1. The van der Waals surface area contributed by atoms with Gasteiger partial charge in [-0.15, -0.1) is 6.58 Å². The second-order valence-electron chi connectivity index (χ2n) is 4.72. The highest BCUT2D eigenvalue weighted by molar-refractivity contribution is 4.75. The Balaban J connectivity index is 3.76. The Morgan fingerprint density at radius 2 is 2.00 bits per heavy atom. The van der Waals surface area contributed by atoms with Crippen LogP contribution < -0.4 is 5.32 Å². The van der Waals surface area contributed by atoms with Crippen LogP contribution in [0.25, 0.3) is 0 Å². The molecule has 0 radical (unpaired) electrons. The van der Waals surface area contributed by atoms with E-state index in [4.69, 9.17) is 0 Å². The van der Waals surface area contributed by atoms with Crippen molar-refractivity contribution in [3.8, 4) is 0 Å². The van der Waals surface area contributed by atoms with Gasteiger partial charge in [-0.1, -0.05) is 33.8 Å². The molecule has 1 N–H and O–H groups in total. The first-order valence-corrected chi connectivity index (χ1v) is 6.16. The fourth-order valence-corrected chi connectivity index (χ4v) is 1.70. The van der Waals surface area contributed by atoms with Crippen LogP contribution in [-0.4, -0.2) is 37.1 Å². The van der Waals surface area contributed by atoms with Gasteiger partial charge in [0.15, 0.2) is 0 Å². The minimum absolute atomic E-state index is 0.589. The topological polar surface area (TPSA) is 15.3 Å². The number of hydrogen-bond donors (Lipinski definition) is 1. The molecule has 1 unspecified atom stereocenters. The van der Waals surface area contributed by atoms with Gasteiger partial charge in [0.2, 0.25) is 0 Å². The third-order valence-corrected chi connectivity index (χ3v) is 2.37. The smallest absolute Gasteiger partial charge is 0.0160 e. The molecule has 0 aromatic carbocycles. The lowest BCUT2D eigenvalue weighted by Crippen LogP contribution is -2.36. The maximum Gasteiger partial charge on any atom is 0.0160 e. The molecule has 0 aliphatic heterocycles. The van der Waals surface area contributed by atoms with E-state index in [0.29, 0.717) is 12.0 Å². The van der Waals surface area contributed by atoms with Gasteiger partial charge in [-0.3, -0.25) is 4.90 Å². The zero-order valence-corrected chi connectivity index (χ0v) is 10.9. The average molecular weight is 212 g/mol. The van der Waals surface area contributed by atoms with Crippen LogP contribution in [0.4, 0.5) is 0 Å². The fraction of sp³-hybridized carbons (Fsp3) is 0.846. The molecule has 2 nitrogen and oxygen atoms in total. The molecule has 0 aliphatic carbocycles. The van der Waals surface area contributed by atoms with Crippen LogP contribution in [0, 0.1) is 5.92 Å². The predicted molar refractivity (Wildman–Crippen MR) is 69.2 cm³/mol. The Morgan fingerprint density at radius 1 is 1.33 bits per heavy atom. The molecule has 90 valence electrons. The highest BCUT2D eigenvalue weighted by Gasteiger charge is 2.08. The molecule has 0 amide bonds. The second kappa shape index (κ2) is 8.93. The van der Waals surface area contributed by atoms with E-state index < -0.39 is 0 Å². The first-order valence-electron chi connectivity index (χ1n) is 6.16. The van der Waals surface area contributed by atoms with Crippen LogP contribution >= 0.6 is 0 Å². The summed E-state index contributed by atoms with van der Waals surface area (Å²) in [5.74, 6) is 0.707. The lowest BCUT2D eigenvalue weighted by atomic mass is 10.1. The Kier molecular flexibility index (Phi) is 8.73. The number of rotatable bonds is 9. The van der Waals surface area contributed by atoms with Gasteiger partial charge in [-0.05, 0) is 25.4 Å². The van der Waals surface area contributed by atoms with Crippen molar-refractivity contribution in [1.82, 2.24) is 10.2 Å². The van der Waals surface area contributed by atoms with Crippen molar-refractivity contribution in [2.24, 2.45) is 5.92 Å². The lowest BCUT2D eigenvalue weighted by Gasteiger charge is -2.24. The summed E-state index contributed by atoms with van der Waals surface area (Å²) in [6, 6.07) is 0.589. The third kappa shape index (κ3) is 8.64. The van der Waals surface area contributed by atoms with E-state index >= 15 is 0 Å². The van der Waals surface area contributed by atoms with Gasteiger partial charge in [0.05, 0.1) is 0 Å². The Labute approximate surface area is 95.7 Å². The van der Waals surface area contributed by atoms with Crippen molar-refractivity contribution < 1.29 is 0 Å². The summed E-state index contributed by atoms with van der Waals surface area (Å²) in [7, 11) is 0. The van der Waals surface area contributed by atoms with Crippen LogP contribution in [0.3, 0.4) is 0 Å². The standard InChI is InChI=1S/C13H28N2/c1-6-8-15(9-7-2)11-13(5)10-14-12(3)4/h6,12-14H,1,7-11H2,2-5H3. The summed E-state index contributed by atoms with van der Waals surface area (Å²) < 4.78 is 0. The van der Waals surface area contributed by atoms with E-state index in [1.165, 1.54) is 19.5 Å². The van der Waals surface area contributed by atoms with Crippen LogP contribution in [0.5, 0.6) is 0 Å². The predicted octanol–water partition coefficient (Wildman–Crippen LogP) is 2.52. The van der Waals surface area contributed by atoms with E-state index in [-0.39, 0.29) is 0 Å². The van der Waals surface area contributed by atoms with Crippen LogP contribution in [0.15, 0.2) is 12.7 Å². The molecule has 0 aliphatic rings. The average Bonchev–Trinajstić information content (AvgIpc) is 2.15. The van der Waals surface area contributed by atoms with E-state index in [2.05, 4.69) is 44.5 Å². The minimum Gasteiger partial charge on any atom is -0.314 e. The van der Waals surface area contributed by atoms with E-state index in [1.807, 2.05) is 6.08 Å². The number of nitrogens with zero attached hydrogens (tertiary/aromatic N) is 1. The highest BCUT2D eigenvalue weighted by Crippen LogP contribution is 2.00. The fourth-order valence-electron chi connectivity index (χ4n) is 1.70.